The molecule has 1 heterocycles. The summed E-state index contributed by atoms with van der Waals surface area (Å²) in [5.74, 6) is 0.933. The first kappa shape index (κ1) is 14.0. The molecule has 3 aromatic rings. The van der Waals surface area contributed by atoms with Crippen molar-refractivity contribution >= 4 is 38.3 Å². The van der Waals surface area contributed by atoms with Crippen LogP contribution in [0.25, 0.3) is 11.0 Å². The highest BCUT2D eigenvalue weighted by Gasteiger charge is 2.05. The van der Waals surface area contributed by atoms with Crippen LogP contribution in [0.1, 0.15) is 5.76 Å². The van der Waals surface area contributed by atoms with Crippen LogP contribution in [0.3, 0.4) is 0 Å². The van der Waals surface area contributed by atoms with E-state index in [4.69, 9.17) is 4.42 Å². The molecule has 0 amide bonds. The van der Waals surface area contributed by atoms with E-state index in [1.54, 1.807) is 0 Å². The maximum atomic E-state index is 5.81. The largest absolute Gasteiger partial charge is 0.459 e. The molecular formula is C17H17BrN2O. The Hall–Kier alpha value is -1.94. The highest BCUT2D eigenvalue weighted by atomic mass is 79.9. The molecule has 0 aliphatic rings. The van der Waals surface area contributed by atoms with Gasteiger partial charge in [0.2, 0.25) is 0 Å². The first-order chi connectivity index (χ1) is 10.1. The van der Waals surface area contributed by atoms with Gasteiger partial charge in [0.05, 0.1) is 6.54 Å². The minimum Gasteiger partial charge on any atom is -0.459 e. The fourth-order valence-electron chi connectivity index (χ4n) is 2.25. The zero-order valence-electron chi connectivity index (χ0n) is 12.1. The summed E-state index contributed by atoms with van der Waals surface area (Å²) in [6.45, 7) is 0.665. The average Bonchev–Trinajstić information content (AvgIpc) is 2.87. The van der Waals surface area contributed by atoms with Gasteiger partial charge in [-0.2, -0.15) is 0 Å². The summed E-state index contributed by atoms with van der Waals surface area (Å²) in [6, 6.07) is 16.4. The summed E-state index contributed by atoms with van der Waals surface area (Å²) in [7, 11) is 4.07. The Morgan fingerprint density at radius 2 is 1.90 bits per heavy atom. The zero-order chi connectivity index (χ0) is 14.8. The fourth-order valence-corrected chi connectivity index (χ4v) is 2.73. The Kier molecular flexibility index (Phi) is 3.88. The third-order valence-corrected chi connectivity index (χ3v) is 3.80. The van der Waals surface area contributed by atoms with E-state index in [1.165, 1.54) is 0 Å². The molecule has 1 aromatic heterocycles. The third-order valence-electron chi connectivity index (χ3n) is 3.34. The lowest BCUT2D eigenvalue weighted by molar-refractivity contribution is 0.559. The SMILES string of the molecule is CN(C)c1cc(Br)cc(NCc2cc3ccccc3o2)c1. The summed E-state index contributed by atoms with van der Waals surface area (Å²) in [5, 5.41) is 4.54. The number of hydrogen-bond acceptors (Lipinski definition) is 3. The van der Waals surface area contributed by atoms with E-state index >= 15 is 0 Å². The van der Waals surface area contributed by atoms with Crippen LogP contribution in [0.15, 0.2) is 57.4 Å². The molecule has 4 heteroatoms. The van der Waals surface area contributed by atoms with Crippen LogP contribution in [-0.4, -0.2) is 14.1 Å². The van der Waals surface area contributed by atoms with E-state index in [1.807, 2.05) is 32.3 Å². The number of para-hydroxylation sites is 1. The molecule has 0 atom stereocenters. The van der Waals surface area contributed by atoms with Crippen molar-refractivity contribution < 1.29 is 4.42 Å². The molecular weight excluding hydrogens is 328 g/mol. The number of nitrogens with one attached hydrogen (secondary N) is 1. The van der Waals surface area contributed by atoms with Crippen molar-refractivity contribution in [3.8, 4) is 0 Å². The molecule has 1 N–H and O–H groups in total. The van der Waals surface area contributed by atoms with Crippen LogP contribution >= 0.6 is 15.9 Å². The van der Waals surface area contributed by atoms with Crippen LogP contribution in [0.2, 0.25) is 0 Å². The molecule has 108 valence electrons. The van der Waals surface area contributed by atoms with Gasteiger partial charge in [-0.25, -0.2) is 0 Å². The Morgan fingerprint density at radius 1 is 1.10 bits per heavy atom. The van der Waals surface area contributed by atoms with Crippen LogP contribution in [0, 0.1) is 0 Å². The third kappa shape index (κ3) is 3.22. The van der Waals surface area contributed by atoms with Gasteiger partial charge in [-0.1, -0.05) is 34.1 Å². The first-order valence-corrected chi connectivity index (χ1v) is 7.60. The Bertz CT molecular complexity index is 731. The highest BCUT2D eigenvalue weighted by Crippen LogP contribution is 2.26. The van der Waals surface area contributed by atoms with Crippen molar-refractivity contribution in [1.29, 1.82) is 0 Å². The van der Waals surface area contributed by atoms with Gasteiger partial charge < -0.3 is 14.6 Å². The van der Waals surface area contributed by atoms with E-state index in [9.17, 15) is 0 Å². The van der Waals surface area contributed by atoms with Crippen molar-refractivity contribution in [3.63, 3.8) is 0 Å². The van der Waals surface area contributed by atoms with Crippen LogP contribution in [0.5, 0.6) is 0 Å². The average molecular weight is 345 g/mol. The summed E-state index contributed by atoms with van der Waals surface area (Å²) in [6.07, 6.45) is 0. The smallest absolute Gasteiger partial charge is 0.134 e. The number of benzene rings is 2. The number of rotatable bonds is 4. The molecule has 0 unspecified atom stereocenters. The predicted molar refractivity (Wildman–Crippen MR) is 92.0 cm³/mol. The van der Waals surface area contributed by atoms with Gasteiger partial charge in [0.15, 0.2) is 0 Å². The normalized spacial score (nSPS) is 10.8. The summed E-state index contributed by atoms with van der Waals surface area (Å²) < 4.78 is 6.87. The molecule has 3 rings (SSSR count). The van der Waals surface area contributed by atoms with Gasteiger partial charge in [-0.15, -0.1) is 0 Å². The van der Waals surface area contributed by atoms with E-state index < -0.39 is 0 Å². The number of fused-ring (bicyclic) bond motifs is 1. The summed E-state index contributed by atoms with van der Waals surface area (Å²) >= 11 is 3.55. The van der Waals surface area contributed by atoms with Crippen LogP contribution in [-0.2, 0) is 6.54 Å². The first-order valence-electron chi connectivity index (χ1n) is 6.81. The molecule has 0 saturated heterocycles. The lowest BCUT2D eigenvalue weighted by atomic mass is 10.2. The van der Waals surface area contributed by atoms with E-state index in [-0.39, 0.29) is 0 Å². The second-order valence-corrected chi connectivity index (χ2v) is 6.11. The van der Waals surface area contributed by atoms with Crippen molar-refractivity contribution in [2.45, 2.75) is 6.54 Å². The molecule has 0 bridgehead atoms. The van der Waals surface area contributed by atoms with Gasteiger partial charge in [0.25, 0.3) is 0 Å². The lowest BCUT2D eigenvalue weighted by Gasteiger charge is -2.15. The molecule has 2 aromatic carbocycles. The van der Waals surface area contributed by atoms with Gasteiger partial charge >= 0.3 is 0 Å². The van der Waals surface area contributed by atoms with Crippen molar-refractivity contribution in [2.24, 2.45) is 0 Å². The lowest BCUT2D eigenvalue weighted by Crippen LogP contribution is -2.09. The quantitative estimate of drug-likeness (QED) is 0.731. The van der Waals surface area contributed by atoms with Crippen molar-refractivity contribution in [3.05, 3.63) is 58.8 Å². The zero-order valence-corrected chi connectivity index (χ0v) is 13.6. The van der Waals surface area contributed by atoms with Gasteiger partial charge in [0, 0.05) is 35.3 Å². The van der Waals surface area contributed by atoms with Gasteiger partial charge in [0.1, 0.15) is 11.3 Å². The van der Waals surface area contributed by atoms with E-state index in [0.29, 0.717) is 6.54 Å². The van der Waals surface area contributed by atoms with Crippen molar-refractivity contribution in [2.75, 3.05) is 24.3 Å². The second-order valence-electron chi connectivity index (χ2n) is 5.20. The number of halogens is 1. The monoisotopic (exact) mass is 344 g/mol. The number of nitrogens with zero attached hydrogens (tertiary/aromatic N) is 1. The highest BCUT2D eigenvalue weighted by molar-refractivity contribution is 9.10. The number of anilines is 2. The maximum absolute atomic E-state index is 5.81. The Morgan fingerprint density at radius 3 is 2.67 bits per heavy atom. The van der Waals surface area contributed by atoms with Gasteiger partial charge in [-0.05, 0) is 30.3 Å². The molecule has 3 nitrogen and oxygen atoms in total. The Balaban J connectivity index is 1.78. The minimum atomic E-state index is 0.665. The fraction of sp³-hybridized carbons (Fsp3) is 0.176. The predicted octanol–water partition coefficient (Wildman–Crippen LogP) is 4.87. The molecule has 0 aliphatic carbocycles. The summed E-state index contributed by atoms with van der Waals surface area (Å²) in [5.41, 5.74) is 3.14. The molecule has 0 fully saturated rings. The maximum Gasteiger partial charge on any atom is 0.134 e. The number of hydrogen-bond donors (Lipinski definition) is 1. The van der Waals surface area contributed by atoms with Gasteiger partial charge in [-0.3, -0.25) is 0 Å². The number of furan rings is 1. The molecule has 21 heavy (non-hydrogen) atoms. The minimum absolute atomic E-state index is 0.665. The molecule has 0 aliphatic heterocycles. The molecule has 0 spiro atoms. The van der Waals surface area contributed by atoms with E-state index in [2.05, 4.69) is 56.5 Å². The standard InChI is InChI=1S/C17H17BrN2O/c1-20(2)15-9-13(18)8-14(10-15)19-11-16-7-12-5-3-4-6-17(12)21-16/h3-10,19H,11H2,1-2H3. The topological polar surface area (TPSA) is 28.4 Å². The van der Waals surface area contributed by atoms with Crippen LogP contribution in [0.4, 0.5) is 11.4 Å². The van der Waals surface area contributed by atoms with Crippen LogP contribution < -0.4 is 10.2 Å². The second kappa shape index (κ2) is 5.82. The Labute approximate surface area is 132 Å². The summed E-state index contributed by atoms with van der Waals surface area (Å²) in [4.78, 5) is 2.08. The molecule has 0 saturated carbocycles. The van der Waals surface area contributed by atoms with E-state index in [0.717, 1.165) is 32.6 Å². The van der Waals surface area contributed by atoms with Crippen molar-refractivity contribution in [1.82, 2.24) is 0 Å². The molecule has 0 radical (unpaired) electrons.